The number of fused-ring (bicyclic) bond motifs is 4. The van der Waals surface area contributed by atoms with Gasteiger partial charge in [0, 0.05) is 6.20 Å². The minimum absolute atomic E-state index is 0.172. The number of nitrogens with one attached hydrogen (secondary N) is 4. The Hall–Kier alpha value is -8.28. The molecule has 15 nitrogen and oxygen atoms in total. The van der Waals surface area contributed by atoms with Crippen LogP contribution in [-0.2, 0) is 0 Å². The van der Waals surface area contributed by atoms with Crippen LogP contribution in [0.25, 0.3) is 55.4 Å². The molecule has 0 aliphatic carbocycles. The summed E-state index contributed by atoms with van der Waals surface area (Å²) in [7, 11) is 0. The van der Waals surface area contributed by atoms with Crippen LogP contribution in [0.4, 0.5) is 24.8 Å². The second kappa shape index (κ2) is 16.3. The largest absolute Gasteiger partial charge is 0.360 e. The molecule has 63 heavy (non-hydrogen) atoms. The van der Waals surface area contributed by atoms with E-state index in [1.807, 2.05) is 57.2 Å². The molecule has 4 aromatic carbocycles. The number of H-pyrrole nitrogens is 2. The Kier molecular flexibility index (Phi) is 10.4. The predicted octanol–water partition coefficient (Wildman–Crippen LogP) is 8.09. The highest BCUT2D eigenvalue weighted by Crippen LogP contribution is 2.27. The van der Waals surface area contributed by atoms with Crippen molar-refractivity contribution >= 4 is 55.6 Å². The lowest BCUT2D eigenvalue weighted by Gasteiger charge is -2.20. The highest BCUT2D eigenvalue weighted by atomic mass is 19.1. The molecule has 4 N–H and O–H groups in total. The van der Waals surface area contributed by atoms with E-state index in [-0.39, 0.29) is 34.4 Å². The van der Waals surface area contributed by atoms with Crippen LogP contribution in [0.3, 0.4) is 0 Å². The van der Waals surface area contributed by atoms with E-state index in [9.17, 15) is 22.8 Å². The molecular weight excluding hydrogens is 812 g/mol. The topological polar surface area (TPSA) is 190 Å². The summed E-state index contributed by atoms with van der Waals surface area (Å²) in [5, 5.41) is 8.29. The number of aromatic nitrogens is 11. The Morgan fingerprint density at radius 1 is 0.603 bits per heavy atom. The van der Waals surface area contributed by atoms with Crippen LogP contribution in [0.2, 0.25) is 0 Å². The lowest BCUT2D eigenvalue weighted by atomic mass is 10.1. The summed E-state index contributed by atoms with van der Waals surface area (Å²) in [5.41, 5.74) is 4.57. The molecule has 0 aliphatic heterocycles. The van der Waals surface area contributed by atoms with Crippen molar-refractivity contribution < 1.29 is 13.2 Å². The van der Waals surface area contributed by atoms with Gasteiger partial charge in [0.05, 0.1) is 57.0 Å². The highest BCUT2D eigenvalue weighted by molar-refractivity contribution is 5.87. The van der Waals surface area contributed by atoms with E-state index in [1.165, 1.54) is 58.2 Å². The average molecular weight is 848 g/mol. The zero-order valence-corrected chi connectivity index (χ0v) is 34.0. The van der Waals surface area contributed by atoms with Gasteiger partial charge in [-0.05, 0) is 106 Å². The summed E-state index contributed by atoms with van der Waals surface area (Å²) in [6, 6.07) is 23.3. The van der Waals surface area contributed by atoms with Crippen molar-refractivity contribution in [1.29, 1.82) is 0 Å². The average Bonchev–Trinajstić information content (AvgIpc) is 3.96. The number of aryl methyl sites for hydroxylation is 2. The number of nitrogens with zero attached hydrogens (tertiary/aromatic N) is 9. The first kappa shape index (κ1) is 40.1. The van der Waals surface area contributed by atoms with Crippen molar-refractivity contribution in [1.82, 2.24) is 54.0 Å². The molecule has 10 aromatic rings. The van der Waals surface area contributed by atoms with Crippen molar-refractivity contribution in [3.63, 3.8) is 0 Å². The van der Waals surface area contributed by atoms with E-state index >= 15 is 0 Å². The minimum atomic E-state index is -0.933. The molecule has 0 aliphatic rings. The third-order valence-electron chi connectivity index (χ3n) is 10.5. The van der Waals surface area contributed by atoms with Crippen molar-refractivity contribution in [3.8, 4) is 11.4 Å². The van der Waals surface area contributed by atoms with E-state index in [4.69, 9.17) is 9.97 Å². The molecule has 0 bridgehead atoms. The molecule has 0 saturated carbocycles. The summed E-state index contributed by atoms with van der Waals surface area (Å²) in [5.74, 6) is 0.871. The second-order valence-electron chi connectivity index (χ2n) is 14.7. The summed E-state index contributed by atoms with van der Waals surface area (Å²) in [4.78, 5) is 62.6. The number of benzene rings is 4. The molecule has 10 rings (SSSR count). The molecular formula is C45H36F3N13O2. The number of hydrogen-bond donors (Lipinski definition) is 4. The molecule has 2 unspecified atom stereocenters. The van der Waals surface area contributed by atoms with Gasteiger partial charge in [0.15, 0.2) is 11.5 Å². The molecule has 2 atom stereocenters. The SMILES string of the molecule is Cc1cccc2nc(C(C)Nc3nc(F)nc4nc[nH]c34)n(-c3ccc(F)cc3)c(=O)c12.Cc1cccc2nc(C(C)Nc3ncnc4[nH]ccc34)n(-c3ccc(F)cc3)c(=O)c12. The fourth-order valence-electron chi connectivity index (χ4n) is 7.52. The van der Waals surface area contributed by atoms with E-state index in [1.54, 1.807) is 31.3 Å². The van der Waals surface area contributed by atoms with Crippen LogP contribution in [0, 0.1) is 31.6 Å². The number of hydrogen-bond acceptors (Lipinski definition) is 11. The van der Waals surface area contributed by atoms with Gasteiger partial charge in [-0.3, -0.25) is 18.7 Å². The standard InChI is InChI=1S/C23H19FN6O.C22H17F2N7O/c1-13-4-3-5-18-19(13)23(31)30(16-8-6-15(24)7-9-16)22(29-18)14(2)28-21-17-10-11-25-20(17)26-12-27-21;1-11-4-3-5-15-16(11)21(32)31(14-8-6-13(23)7-9-14)20(28-15)12(2)27-19-17-18(26-10-25-17)29-22(24)30-19/h3-12,14H,1-2H3,(H2,25,26,27,28);3-10,12H,1-2H3,(H2,25,26,27,29,30). The third kappa shape index (κ3) is 7.58. The van der Waals surface area contributed by atoms with E-state index in [0.29, 0.717) is 61.8 Å². The van der Waals surface area contributed by atoms with Crippen LogP contribution >= 0.6 is 0 Å². The monoisotopic (exact) mass is 847 g/mol. The number of halogens is 3. The number of anilines is 2. The van der Waals surface area contributed by atoms with Gasteiger partial charge in [-0.1, -0.05) is 24.3 Å². The molecule has 0 saturated heterocycles. The maximum atomic E-state index is 13.9. The Labute approximate surface area is 354 Å². The van der Waals surface area contributed by atoms with E-state index in [2.05, 4.69) is 45.5 Å². The first-order valence-electron chi connectivity index (χ1n) is 19.7. The van der Waals surface area contributed by atoms with Crippen LogP contribution < -0.4 is 21.8 Å². The first-order valence-corrected chi connectivity index (χ1v) is 19.7. The lowest BCUT2D eigenvalue weighted by molar-refractivity contribution is 0.544. The normalized spacial score (nSPS) is 12.4. The number of rotatable bonds is 8. The van der Waals surface area contributed by atoms with Gasteiger partial charge in [0.1, 0.15) is 46.6 Å². The van der Waals surface area contributed by atoms with Crippen molar-refractivity contribution in [2.24, 2.45) is 0 Å². The van der Waals surface area contributed by atoms with E-state index < -0.39 is 17.9 Å². The smallest absolute Gasteiger partial charge is 0.312 e. The van der Waals surface area contributed by atoms with Gasteiger partial charge in [-0.2, -0.15) is 14.4 Å². The molecule has 6 aromatic heterocycles. The molecule has 0 amide bonds. The fourth-order valence-corrected chi connectivity index (χ4v) is 7.52. The van der Waals surface area contributed by atoms with Gasteiger partial charge < -0.3 is 20.6 Å². The highest BCUT2D eigenvalue weighted by Gasteiger charge is 2.23. The fraction of sp³-hybridized carbons (Fsp3) is 0.133. The Bertz CT molecular complexity index is 3460. The van der Waals surface area contributed by atoms with Crippen molar-refractivity contribution in [2.45, 2.75) is 39.8 Å². The van der Waals surface area contributed by atoms with Crippen LogP contribution in [0.1, 0.15) is 48.7 Å². The zero-order valence-electron chi connectivity index (χ0n) is 34.0. The van der Waals surface area contributed by atoms with Gasteiger partial charge in [0.25, 0.3) is 11.1 Å². The van der Waals surface area contributed by atoms with Crippen LogP contribution in [0.15, 0.2) is 119 Å². The Morgan fingerprint density at radius 2 is 1.14 bits per heavy atom. The molecule has 18 heteroatoms. The van der Waals surface area contributed by atoms with Gasteiger partial charge >= 0.3 is 6.08 Å². The summed E-state index contributed by atoms with van der Waals surface area (Å²) in [6.07, 6.45) is 3.72. The zero-order chi connectivity index (χ0) is 43.9. The van der Waals surface area contributed by atoms with E-state index in [0.717, 1.165) is 16.5 Å². The summed E-state index contributed by atoms with van der Waals surface area (Å²) in [6.45, 7) is 7.39. The molecule has 0 spiro atoms. The van der Waals surface area contributed by atoms with Gasteiger partial charge in [-0.15, -0.1) is 0 Å². The molecule has 6 heterocycles. The number of imidazole rings is 1. The molecule has 314 valence electrons. The molecule has 0 fully saturated rings. The Morgan fingerprint density at radius 3 is 1.70 bits per heavy atom. The minimum Gasteiger partial charge on any atom is -0.360 e. The van der Waals surface area contributed by atoms with Crippen molar-refractivity contribution in [2.75, 3.05) is 10.6 Å². The summed E-state index contributed by atoms with van der Waals surface area (Å²) < 4.78 is 44.0. The quantitative estimate of drug-likeness (QED) is 0.108. The van der Waals surface area contributed by atoms with Crippen molar-refractivity contribution in [3.05, 3.63) is 171 Å². The predicted molar refractivity (Wildman–Crippen MR) is 234 cm³/mol. The third-order valence-corrected chi connectivity index (χ3v) is 10.5. The lowest BCUT2D eigenvalue weighted by Crippen LogP contribution is -2.28. The molecule has 0 radical (unpaired) electrons. The van der Waals surface area contributed by atoms with Gasteiger partial charge in [0.2, 0.25) is 0 Å². The maximum absolute atomic E-state index is 13.9. The maximum Gasteiger partial charge on any atom is 0.312 e. The van der Waals surface area contributed by atoms with Crippen LogP contribution in [0.5, 0.6) is 0 Å². The Balaban J connectivity index is 0.000000160. The van der Waals surface area contributed by atoms with Crippen LogP contribution in [-0.4, -0.2) is 54.0 Å². The first-order chi connectivity index (χ1) is 30.4. The number of aromatic amines is 2. The van der Waals surface area contributed by atoms with Gasteiger partial charge in [-0.25, -0.2) is 33.7 Å². The summed E-state index contributed by atoms with van der Waals surface area (Å²) >= 11 is 0. The second-order valence-corrected chi connectivity index (χ2v) is 14.7.